The van der Waals surface area contributed by atoms with Crippen molar-refractivity contribution in [2.75, 3.05) is 13.4 Å². The fourth-order valence-electron chi connectivity index (χ4n) is 1.70. The monoisotopic (exact) mass is 252 g/mol. The summed E-state index contributed by atoms with van der Waals surface area (Å²) in [6.45, 7) is 0. The minimum atomic E-state index is -0.451. The first-order valence-electron chi connectivity index (χ1n) is 5.63. The highest BCUT2D eigenvalue weighted by Crippen LogP contribution is 2.37. The van der Waals surface area contributed by atoms with Crippen LogP contribution < -0.4 is 4.74 Å². The van der Waals surface area contributed by atoms with Crippen LogP contribution in [0.3, 0.4) is 0 Å². The Hall–Kier alpha value is -1.16. The number of rotatable bonds is 5. The minimum absolute atomic E-state index is 0.275. The van der Waals surface area contributed by atoms with Gasteiger partial charge in [-0.05, 0) is 31.2 Å². The number of hydrogen-bond donors (Lipinski definition) is 0. The van der Waals surface area contributed by atoms with Gasteiger partial charge >= 0.3 is 5.97 Å². The molecule has 17 heavy (non-hydrogen) atoms. The highest BCUT2D eigenvalue weighted by molar-refractivity contribution is 7.98. The van der Waals surface area contributed by atoms with E-state index in [4.69, 9.17) is 9.47 Å². The summed E-state index contributed by atoms with van der Waals surface area (Å²) in [5, 5.41) is 0. The van der Waals surface area contributed by atoms with E-state index in [9.17, 15) is 4.79 Å². The van der Waals surface area contributed by atoms with Gasteiger partial charge in [0.15, 0.2) is 6.10 Å². The molecule has 0 aliphatic heterocycles. The molecule has 3 nitrogen and oxygen atoms in total. The van der Waals surface area contributed by atoms with Crippen molar-refractivity contribution in [3.05, 3.63) is 24.3 Å². The fraction of sp³-hybridized carbons (Fsp3) is 0.462. The van der Waals surface area contributed by atoms with Crippen LogP contribution >= 0.6 is 11.8 Å². The zero-order chi connectivity index (χ0) is 12.3. The summed E-state index contributed by atoms with van der Waals surface area (Å²) in [5.41, 5.74) is 0. The van der Waals surface area contributed by atoms with Crippen molar-refractivity contribution < 1.29 is 14.3 Å². The molecular weight excluding hydrogens is 236 g/mol. The summed E-state index contributed by atoms with van der Waals surface area (Å²) in [4.78, 5) is 12.7. The van der Waals surface area contributed by atoms with Crippen molar-refractivity contribution in [1.82, 2.24) is 0 Å². The van der Waals surface area contributed by atoms with Gasteiger partial charge in [-0.25, -0.2) is 4.79 Å². The van der Waals surface area contributed by atoms with Crippen molar-refractivity contribution in [3.63, 3.8) is 0 Å². The van der Waals surface area contributed by atoms with Crippen LogP contribution in [-0.4, -0.2) is 25.4 Å². The first kappa shape index (κ1) is 12.3. The SMILES string of the molecule is COC(=O)C(Oc1ccccc1SC)C1CC1. The number of carbonyl (C=O) groups is 1. The number of hydrogen-bond acceptors (Lipinski definition) is 4. The van der Waals surface area contributed by atoms with Gasteiger partial charge in [-0.1, -0.05) is 12.1 Å². The number of ether oxygens (including phenoxy) is 2. The summed E-state index contributed by atoms with van der Waals surface area (Å²) in [5.74, 6) is 0.808. The maximum absolute atomic E-state index is 11.6. The summed E-state index contributed by atoms with van der Waals surface area (Å²) in [6, 6.07) is 7.75. The second-order valence-corrected chi connectivity index (χ2v) is 4.90. The van der Waals surface area contributed by atoms with Gasteiger partial charge in [0.1, 0.15) is 5.75 Å². The molecule has 1 aliphatic rings. The van der Waals surface area contributed by atoms with Gasteiger partial charge in [0.2, 0.25) is 0 Å². The Kier molecular flexibility index (Phi) is 3.94. The van der Waals surface area contributed by atoms with Crippen molar-refractivity contribution in [2.45, 2.75) is 23.8 Å². The van der Waals surface area contributed by atoms with E-state index in [-0.39, 0.29) is 5.97 Å². The molecule has 0 spiro atoms. The normalized spacial score (nSPS) is 16.4. The Bertz CT molecular complexity index is 401. The second kappa shape index (κ2) is 5.45. The minimum Gasteiger partial charge on any atom is -0.477 e. The molecule has 4 heteroatoms. The van der Waals surface area contributed by atoms with Gasteiger partial charge < -0.3 is 9.47 Å². The van der Waals surface area contributed by atoms with E-state index in [0.29, 0.717) is 5.92 Å². The number of methoxy groups -OCH3 is 1. The summed E-state index contributed by atoms with van der Waals surface area (Å²) < 4.78 is 10.6. The molecule has 2 rings (SSSR count). The van der Waals surface area contributed by atoms with Crippen LogP contribution in [-0.2, 0) is 9.53 Å². The molecule has 1 unspecified atom stereocenters. The topological polar surface area (TPSA) is 35.5 Å². The first-order valence-corrected chi connectivity index (χ1v) is 6.86. The molecule has 0 aromatic heterocycles. The number of thioether (sulfide) groups is 1. The average Bonchev–Trinajstić information content (AvgIpc) is 3.19. The molecule has 1 aromatic carbocycles. The third-order valence-electron chi connectivity index (χ3n) is 2.81. The third kappa shape index (κ3) is 2.94. The molecule has 0 amide bonds. The van der Waals surface area contributed by atoms with E-state index in [1.165, 1.54) is 7.11 Å². The predicted octanol–water partition coefficient (Wildman–Crippen LogP) is 2.74. The molecule has 92 valence electrons. The lowest BCUT2D eigenvalue weighted by Crippen LogP contribution is -2.30. The van der Waals surface area contributed by atoms with E-state index in [1.54, 1.807) is 11.8 Å². The Labute approximate surface area is 105 Å². The molecule has 1 fully saturated rings. The molecule has 1 atom stereocenters. The highest BCUT2D eigenvalue weighted by Gasteiger charge is 2.39. The Balaban J connectivity index is 2.14. The molecule has 0 bridgehead atoms. The zero-order valence-electron chi connectivity index (χ0n) is 10.0. The molecular formula is C13H16O3S. The maximum atomic E-state index is 11.6. The maximum Gasteiger partial charge on any atom is 0.347 e. The van der Waals surface area contributed by atoms with Gasteiger partial charge in [0.25, 0.3) is 0 Å². The van der Waals surface area contributed by atoms with Gasteiger partial charge in [-0.3, -0.25) is 0 Å². The van der Waals surface area contributed by atoms with Crippen molar-refractivity contribution >= 4 is 17.7 Å². The lowest BCUT2D eigenvalue weighted by molar-refractivity contribution is -0.149. The van der Waals surface area contributed by atoms with Crippen LogP contribution in [0.1, 0.15) is 12.8 Å². The molecule has 1 aromatic rings. The van der Waals surface area contributed by atoms with Crippen LogP contribution in [0, 0.1) is 5.92 Å². The number of esters is 1. The van der Waals surface area contributed by atoms with Crippen LogP contribution in [0.15, 0.2) is 29.2 Å². The van der Waals surface area contributed by atoms with Crippen LogP contribution in [0.25, 0.3) is 0 Å². The van der Waals surface area contributed by atoms with E-state index >= 15 is 0 Å². The summed E-state index contributed by atoms with van der Waals surface area (Å²) in [6.07, 6.45) is 3.63. The molecule has 0 saturated heterocycles. The molecule has 0 radical (unpaired) electrons. The summed E-state index contributed by atoms with van der Waals surface area (Å²) >= 11 is 1.61. The fourth-order valence-corrected chi connectivity index (χ4v) is 2.24. The van der Waals surface area contributed by atoms with Gasteiger partial charge in [0, 0.05) is 10.8 Å². The predicted molar refractivity (Wildman–Crippen MR) is 67.4 cm³/mol. The summed E-state index contributed by atoms with van der Waals surface area (Å²) in [7, 11) is 1.40. The Morgan fingerprint density at radius 3 is 2.71 bits per heavy atom. The largest absolute Gasteiger partial charge is 0.477 e. The third-order valence-corrected chi connectivity index (χ3v) is 3.58. The average molecular weight is 252 g/mol. The number of para-hydroxylation sites is 1. The standard InChI is InChI=1S/C13H16O3S/c1-15-13(14)12(9-7-8-9)16-10-5-3-4-6-11(10)17-2/h3-6,9,12H,7-8H2,1-2H3. The van der Waals surface area contributed by atoms with Crippen LogP contribution in [0.5, 0.6) is 5.75 Å². The van der Waals surface area contributed by atoms with Crippen molar-refractivity contribution in [1.29, 1.82) is 0 Å². The molecule has 0 heterocycles. The van der Waals surface area contributed by atoms with E-state index < -0.39 is 6.10 Å². The van der Waals surface area contributed by atoms with Gasteiger partial charge in [-0.2, -0.15) is 0 Å². The lowest BCUT2D eigenvalue weighted by Gasteiger charge is -2.17. The highest BCUT2D eigenvalue weighted by atomic mass is 32.2. The zero-order valence-corrected chi connectivity index (χ0v) is 10.8. The molecule has 1 saturated carbocycles. The van der Waals surface area contributed by atoms with E-state index in [0.717, 1.165) is 23.5 Å². The lowest BCUT2D eigenvalue weighted by atomic mass is 10.2. The quantitative estimate of drug-likeness (QED) is 0.596. The Morgan fingerprint density at radius 2 is 2.12 bits per heavy atom. The number of benzene rings is 1. The second-order valence-electron chi connectivity index (χ2n) is 4.05. The smallest absolute Gasteiger partial charge is 0.347 e. The van der Waals surface area contributed by atoms with E-state index in [2.05, 4.69) is 0 Å². The van der Waals surface area contributed by atoms with Crippen molar-refractivity contribution in [2.24, 2.45) is 5.92 Å². The molecule has 0 N–H and O–H groups in total. The molecule has 1 aliphatic carbocycles. The first-order chi connectivity index (χ1) is 8.26. The number of carbonyl (C=O) groups excluding carboxylic acids is 1. The van der Waals surface area contributed by atoms with Gasteiger partial charge in [-0.15, -0.1) is 11.8 Å². The Morgan fingerprint density at radius 1 is 1.41 bits per heavy atom. The van der Waals surface area contributed by atoms with Gasteiger partial charge in [0.05, 0.1) is 7.11 Å². The van der Waals surface area contributed by atoms with E-state index in [1.807, 2.05) is 30.5 Å². The van der Waals surface area contributed by atoms with Crippen LogP contribution in [0.2, 0.25) is 0 Å². The van der Waals surface area contributed by atoms with Crippen LogP contribution in [0.4, 0.5) is 0 Å². The van der Waals surface area contributed by atoms with Crippen molar-refractivity contribution in [3.8, 4) is 5.75 Å².